The third-order valence-corrected chi connectivity index (χ3v) is 6.26. The summed E-state index contributed by atoms with van der Waals surface area (Å²) >= 11 is 12.3. The topological polar surface area (TPSA) is 84.7 Å². The standard InChI is InChI=1S/C24H21Cl2N3O4/c1-33-17-5-2-4-16(12-17)22(30)20-21(15-6-7-18(25)19(26)13-15)29(24(32)23(20)31)10-3-9-28-11-8-27-14-28/h2,4-8,11-14,21,30H,3,9-10H2,1H3. The van der Waals surface area contributed by atoms with Gasteiger partial charge in [-0.3, -0.25) is 9.59 Å². The Morgan fingerprint density at radius 3 is 2.64 bits per heavy atom. The van der Waals surface area contributed by atoms with Crippen LogP contribution < -0.4 is 4.74 Å². The van der Waals surface area contributed by atoms with E-state index < -0.39 is 17.7 Å². The van der Waals surface area contributed by atoms with Crippen LogP contribution in [0.25, 0.3) is 5.76 Å². The SMILES string of the molecule is COc1cccc(C(O)=C2C(=O)C(=O)N(CCCn3ccnc3)C2c2ccc(Cl)c(Cl)c2)c1. The Labute approximate surface area is 200 Å². The largest absolute Gasteiger partial charge is 0.507 e. The Kier molecular flexibility index (Phi) is 6.72. The Bertz CT molecular complexity index is 1220. The molecular weight excluding hydrogens is 465 g/mol. The monoisotopic (exact) mass is 485 g/mol. The summed E-state index contributed by atoms with van der Waals surface area (Å²) in [5.74, 6) is -1.20. The fourth-order valence-electron chi connectivity index (χ4n) is 3.91. The first-order valence-electron chi connectivity index (χ1n) is 10.2. The van der Waals surface area contributed by atoms with Crippen LogP contribution in [0.3, 0.4) is 0 Å². The van der Waals surface area contributed by atoms with Crippen molar-refractivity contribution in [2.75, 3.05) is 13.7 Å². The Morgan fingerprint density at radius 2 is 1.94 bits per heavy atom. The van der Waals surface area contributed by atoms with Crippen LogP contribution in [0, 0.1) is 0 Å². The number of hydrogen-bond acceptors (Lipinski definition) is 5. The molecule has 0 aliphatic carbocycles. The molecular formula is C24H21Cl2N3O4. The maximum Gasteiger partial charge on any atom is 0.295 e. The first-order valence-corrected chi connectivity index (χ1v) is 11.0. The lowest BCUT2D eigenvalue weighted by Crippen LogP contribution is -2.31. The molecule has 1 N–H and O–H groups in total. The van der Waals surface area contributed by atoms with Crippen molar-refractivity contribution in [1.82, 2.24) is 14.5 Å². The van der Waals surface area contributed by atoms with Crippen molar-refractivity contribution >= 4 is 40.7 Å². The molecule has 2 heterocycles. The number of amides is 1. The molecule has 1 aromatic heterocycles. The summed E-state index contributed by atoms with van der Waals surface area (Å²) in [5, 5.41) is 11.8. The molecule has 1 fully saturated rings. The number of halogens is 2. The number of aliphatic hydroxyl groups excluding tert-OH is 1. The van der Waals surface area contributed by atoms with Crippen LogP contribution >= 0.6 is 23.2 Å². The van der Waals surface area contributed by atoms with Gasteiger partial charge in [0.25, 0.3) is 11.7 Å². The van der Waals surface area contributed by atoms with E-state index in [4.69, 9.17) is 27.9 Å². The van der Waals surface area contributed by atoms with Crippen LogP contribution in [0.1, 0.15) is 23.6 Å². The zero-order valence-electron chi connectivity index (χ0n) is 17.7. The molecule has 0 radical (unpaired) electrons. The average Bonchev–Trinajstić information content (AvgIpc) is 3.43. The van der Waals surface area contributed by atoms with Gasteiger partial charge in [-0.15, -0.1) is 0 Å². The number of likely N-dealkylation sites (tertiary alicyclic amines) is 1. The van der Waals surface area contributed by atoms with Gasteiger partial charge in [-0.2, -0.15) is 0 Å². The second-order valence-corrected chi connectivity index (χ2v) is 8.37. The van der Waals surface area contributed by atoms with E-state index in [2.05, 4.69) is 4.98 Å². The summed E-state index contributed by atoms with van der Waals surface area (Å²) in [6.07, 6.45) is 5.77. The number of methoxy groups -OCH3 is 1. The van der Waals surface area contributed by atoms with E-state index in [9.17, 15) is 14.7 Å². The third-order valence-electron chi connectivity index (χ3n) is 5.52. The number of carbonyl (C=O) groups is 2. The number of aromatic nitrogens is 2. The number of ether oxygens (including phenoxy) is 1. The van der Waals surface area contributed by atoms with Gasteiger partial charge in [0, 0.05) is 31.0 Å². The molecule has 4 rings (SSSR count). The highest BCUT2D eigenvalue weighted by Gasteiger charge is 2.45. The van der Waals surface area contributed by atoms with Crippen LogP contribution in [-0.4, -0.2) is 44.9 Å². The lowest BCUT2D eigenvalue weighted by atomic mass is 9.95. The number of rotatable bonds is 7. The predicted octanol–water partition coefficient (Wildman–Crippen LogP) is 4.71. The highest BCUT2D eigenvalue weighted by molar-refractivity contribution is 6.46. The smallest absolute Gasteiger partial charge is 0.295 e. The van der Waals surface area contributed by atoms with Crippen molar-refractivity contribution in [3.8, 4) is 5.75 Å². The van der Waals surface area contributed by atoms with Gasteiger partial charge < -0.3 is 19.3 Å². The molecule has 2 aromatic carbocycles. The minimum atomic E-state index is -0.811. The molecule has 1 saturated heterocycles. The van der Waals surface area contributed by atoms with Crippen molar-refractivity contribution in [2.24, 2.45) is 0 Å². The number of aliphatic hydroxyl groups is 1. The molecule has 9 heteroatoms. The molecule has 1 amide bonds. The number of aryl methyl sites for hydroxylation is 1. The summed E-state index contributed by atoms with van der Waals surface area (Å²) in [6.45, 7) is 0.912. The quantitative estimate of drug-likeness (QED) is 0.297. The second kappa shape index (κ2) is 9.68. The van der Waals surface area contributed by atoms with E-state index in [1.54, 1.807) is 55.0 Å². The minimum absolute atomic E-state index is 0.00530. The maximum atomic E-state index is 13.1. The van der Waals surface area contributed by atoms with Gasteiger partial charge in [-0.1, -0.05) is 41.4 Å². The third kappa shape index (κ3) is 4.60. The predicted molar refractivity (Wildman–Crippen MR) is 125 cm³/mol. The molecule has 0 spiro atoms. The number of carbonyl (C=O) groups excluding carboxylic acids is 2. The molecule has 1 aliphatic heterocycles. The van der Waals surface area contributed by atoms with Gasteiger partial charge in [0.2, 0.25) is 0 Å². The van der Waals surface area contributed by atoms with Crippen LogP contribution in [0.4, 0.5) is 0 Å². The van der Waals surface area contributed by atoms with E-state index >= 15 is 0 Å². The zero-order valence-corrected chi connectivity index (χ0v) is 19.3. The first-order chi connectivity index (χ1) is 15.9. The first kappa shape index (κ1) is 22.9. The highest BCUT2D eigenvalue weighted by Crippen LogP contribution is 2.41. The van der Waals surface area contributed by atoms with Crippen LogP contribution in [0.2, 0.25) is 10.0 Å². The van der Waals surface area contributed by atoms with Crippen LogP contribution in [0.5, 0.6) is 5.75 Å². The summed E-state index contributed by atoms with van der Waals surface area (Å²) in [4.78, 5) is 31.6. The number of nitrogens with zero attached hydrogens (tertiary/aromatic N) is 3. The molecule has 1 unspecified atom stereocenters. The lowest BCUT2D eigenvalue weighted by Gasteiger charge is -2.25. The van der Waals surface area contributed by atoms with Gasteiger partial charge in [0.1, 0.15) is 11.5 Å². The van der Waals surface area contributed by atoms with Gasteiger partial charge in [0.15, 0.2) is 0 Å². The average molecular weight is 486 g/mol. The van der Waals surface area contributed by atoms with Gasteiger partial charge in [-0.25, -0.2) is 4.98 Å². The van der Waals surface area contributed by atoms with Crippen LogP contribution in [-0.2, 0) is 16.1 Å². The van der Waals surface area contributed by atoms with E-state index in [-0.39, 0.29) is 11.3 Å². The number of hydrogen-bond donors (Lipinski definition) is 1. The Hall–Kier alpha value is -3.29. The Balaban J connectivity index is 1.76. The van der Waals surface area contributed by atoms with E-state index in [1.165, 1.54) is 12.0 Å². The van der Waals surface area contributed by atoms with Gasteiger partial charge in [0.05, 0.1) is 35.1 Å². The zero-order chi connectivity index (χ0) is 23.5. The van der Waals surface area contributed by atoms with Crippen molar-refractivity contribution in [2.45, 2.75) is 19.0 Å². The highest BCUT2D eigenvalue weighted by atomic mass is 35.5. The van der Waals surface area contributed by atoms with E-state index in [0.29, 0.717) is 46.4 Å². The summed E-state index contributed by atoms with van der Waals surface area (Å²) in [5.41, 5.74) is 0.945. The van der Waals surface area contributed by atoms with Gasteiger partial charge >= 0.3 is 0 Å². The molecule has 1 aliphatic rings. The molecule has 170 valence electrons. The number of ketones is 1. The maximum absolute atomic E-state index is 13.1. The Morgan fingerprint density at radius 1 is 1.12 bits per heavy atom. The molecule has 0 saturated carbocycles. The fourth-order valence-corrected chi connectivity index (χ4v) is 4.21. The minimum Gasteiger partial charge on any atom is -0.507 e. The van der Waals surface area contributed by atoms with Crippen molar-refractivity contribution < 1.29 is 19.4 Å². The number of imidazole rings is 1. The van der Waals surface area contributed by atoms with Crippen molar-refractivity contribution in [1.29, 1.82) is 0 Å². The van der Waals surface area contributed by atoms with Crippen molar-refractivity contribution in [3.63, 3.8) is 0 Å². The molecule has 33 heavy (non-hydrogen) atoms. The molecule has 0 bridgehead atoms. The number of Topliss-reactive ketones (excluding diaryl/α,β-unsaturated/α-hetero) is 1. The summed E-state index contributed by atoms with van der Waals surface area (Å²) in [7, 11) is 1.51. The molecule has 3 aromatic rings. The van der Waals surface area contributed by atoms with E-state index in [1.807, 2.05) is 10.8 Å². The fraction of sp³-hybridized carbons (Fsp3) is 0.208. The number of benzene rings is 2. The molecule has 7 nitrogen and oxygen atoms in total. The summed E-state index contributed by atoms with van der Waals surface area (Å²) in [6, 6.07) is 10.8. The van der Waals surface area contributed by atoms with Gasteiger partial charge in [-0.05, 0) is 36.2 Å². The summed E-state index contributed by atoms with van der Waals surface area (Å²) < 4.78 is 7.12. The normalized spacial score (nSPS) is 17.5. The molecule has 1 atom stereocenters. The lowest BCUT2D eigenvalue weighted by molar-refractivity contribution is -0.139. The van der Waals surface area contributed by atoms with E-state index in [0.717, 1.165) is 0 Å². The van der Waals surface area contributed by atoms with Crippen molar-refractivity contribution in [3.05, 3.63) is 87.9 Å². The van der Waals surface area contributed by atoms with Crippen LogP contribution in [0.15, 0.2) is 66.8 Å². The second-order valence-electron chi connectivity index (χ2n) is 7.55.